The Kier molecular flexibility index (Phi) is 8.40. The first-order chi connectivity index (χ1) is 17.6. The predicted molar refractivity (Wildman–Crippen MR) is 127 cm³/mol. The molecule has 0 amide bonds. The van der Waals surface area contributed by atoms with Crippen molar-refractivity contribution >= 4 is 0 Å². The molecule has 0 saturated heterocycles. The maximum atomic E-state index is 15.0. The fourth-order valence-corrected chi connectivity index (χ4v) is 6.28. The molecule has 8 heteroatoms. The molecule has 37 heavy (non-hydrogen) atoms. The molecule has 2 aliphatic carbocycles. The van der Waals surface area contributed by atoms with Crippen molar-refractivity contribution in [3.8, 4) is 11.8 Å². The zero-order valence-corrected chi connectivity index (χ0v) is 20.8. The van der Waals surface area contributed by atoms with Crippen molar-refractivity contribution in [1.29, 1.82) is 5.26 Å². The fourth-order valence-electron chi connectivity index (χ4n) is 6.28. The summed E-state index contributed by atoms with van der Waals surface area (Å²) < 4.78 is 91.1. The molecule has 0 atom stereocenters. The molecule has 2 fully saturated rings. The Morgan fingerprint density at radius 1 is 0.865 bits per heavy atom. The van der Waals surface area contributed by atoms with Gasteiger partial charge in [0.1, 0.15) is 34.6 Å². The summed E-state index contributed by atoms with van der Waals surface area (Å²) in [6.07, 6.45) is 6.23. The van der Waals surface area contributed by atoms with Crippen LogP contribution in [0.5, 0.6) is 5.75 Å². The standard InChI is InChI=1S/C29H31F6NO/c1-2-3-17-4-6-18(7-5-17)19-8-10-20(11-9-19)22-12-13-24(28(33)27(22)32)29(34,35)37-21-14-25(30)23(16-36)26(31)15-21/h12-15,17-20H,2-11H2,1H3. The molecule has 200 valence electrons. The van der Waals surface area contributed by atoms with E-state index in [4.69, 9.17) is 5.26 Å². The van der Waals surface area contributed by atoms with E-state index in [0.717, 1.165) is 30.9 Å². The molecule has 0 spiro atoms. The maximum absolute atomic E-state index is 15.0. The largest absolute Gasteiger partial charge is 0.429 e. The van der Waals surface area contributed by atoms with E-state index in [1.165, 1.54) is 44.6 Å². The van der Waals surface area contributed by atoms with E-state index in [2.05, 4.69) is 11.7 Å². The van der Waals surface area contributed by atoms with Gasteiger partial charge in [0.05, 0.1) is 0 Å². The first kappa shape index (κ1) is 27.3. The van der Waals surface area contributed by atoms with Gasteiger partial charge in [0.25, 0.3) is 0 Å². The van der Waals surface area contributed by atoms with Crippen molar-refractivity contribution in [2.75, 3.05) is 0 Å². The van der Waals surface area contributed by atoms with Crippen LogP contribution in [0.4, 0.5) is 26.3 Å². The van der Waals surface area contributed by atoms with Gasteiger partial charge in [-0.3, -0.25) is 0 Å². The van der Waals surface area contributed by atoms with Gasteiger partial charge in [0.2, 0.25) is 0 Å². The van der Waals surface area contributed by atoms with Crippen molar-refractivity contribution in [1.82, 2.24) is 0 Å². The van der Waals surface area contributed by atoms with Crippen LogP contribution < -0.4 is 4.74 Å². The molecule has 0 radical (unpaired) electrons. The minimum Gasteiger partial charge on any atom is -0.429 e. The van der Waals surface area contributed by atoms with E-state index < -0.39 is 46.3 Å². The van der Waals surface area contributed by atoms with Crippen molar-refractivity contribution < 1.29 is 31.1 Å². The van der Waals surface area contributed by atoms with Gasteiger partial charge in [-0.1, -0.05) is 38.7 Å². The molecule has 2 nitrogen and oxygen atoms in total. The number of halogens is 6. The Morgan fingerprint density at radius 3 is 1.97 bits per heavy atom. The van der Waals surface area contributed by atoms with Gasteiger partial charge in [-0.05, 0) is 73.8 Å². The second-order valence-corrected chi connectivity index (χ2v) is 10.5. The molecule has 0 aliphatic heterocycles. The van der Waals surface area contributed by atoms with Crippen molar-refractivity contribution in [2.45, 2.75) is 83.2 Å². The Hall–Kier alpha value is -2.69. The van der Waals surface area contributed by atoms with Crippen LogP contribution in [0.1, 0.15) is 93.7 Å². The first-order valence-corrected chi connectivity index (χ1v) is 13.1. The van der Waals surface area contributed by atoms with Crippen molar-refractivity contribution in [3.63, 3.8) is 0 Å². The second-order valence-electron chi connectivity index (χ2n) is 10.5. The Labute approximate surface area is 213 Å². The molecule has 2 saturated carbocycles. The lowest BCUT2D eigenvalue weighted by Crippen LogP contribution is -2.26. The average Bonchev–Trinajstić information content (AvgIpc) is 2.86. The molecular weight excluding hydrogens is 492 g/mol. The number of benzene rings is 2. The highest BCUT2D eigenvalue weighted by molar-refractivity contribution is 5.39. The summed E-state index contributed by atoms with van der Waals surface area (Å²) in [5, 5.41) is 8.70. The van der Waals surface area contributed by atoms with Gasteiger partial charge in [0, 0.05) is 12.1 Å². The number of rotatable bonds is 7. The van der Waals surface area contributed by atoms with Gasteiger partial charge in [0.15, 0.2) is 11.6 Å². The highest BCUT2D eigenvalue weighted by atomic mass is 19.3. The smallest absolute Gasteiger partial charge is 0.429 e. The molecule has 0 aromatic heterocycles. The van der Waals surface area contributed by atoms with Crippen LogP contribution in [0.3, 0.4) is 0 Å². The molecular formula is C29H31F6NO. The monoisotopic (exact) mass is 523 g/mol. The third-order valence-corrected chi connectivity index (χ3v) is 8.27. The topological polar surface area (TPSA) is 33.0 Å². The van der Waals surface area contributed by atoms with Gasteiger partial charge >= 0.3 is 6.11 Å². The van der Waals surface area contributed by atoms with Crippen LogP contribution in [0.15, 0.2) is 24.3 Å². The lowest BCUT2D eigenvalue weighted by molar-refractivity contribution is -0.187. The summed E-state index contributed by atoms with van der Waals surface area (Å²) in [6, 6.07) is 3.98. The van der Waals surface area contributed by atoms with Crippen LogP contribution in [0.2, 0.25) is 0 Å². The summed E-state index contributed by atoms with van der Waals surface area (Å²) in [7, 11) is 0. The number of hydrogen-bond acceptors (Lipinski definition) is 2. The average molecular weight is 524 g/mol. The van der Waals surface area contributed by atoms with Crippen LogP contribution in [-0.4, -0.2) is 0 Å². The summed E-state index contributed by atoms with van der Waals surface area (Å²) in [5.41, 5.74) is -2.26. The van der Waals surface area contributed by atoms with E-state index in [9.17, 15) is 26.3 Å². The van der Waals surface area contributed by atoms with Crippen molar-refractivity contribution in [3.05, 3.63) is 64.2 Å². The maximum Gasteiger partial charge on any atom is 0.429 e. The minimum absolute atomic E-state index is 0.0672. The lowest BCUT2D eigenvalue weighted by Gasteiger charge is -2.38. The van der Waals surface area contributed by atoms with Crippen LogP contribution in [-0.2, 0) is 6.11 Å². The normalized spacial score (nSPS) is 24.5. The summed E-state index contributed by atoms with van der Waals surface area (Å²) in [5.74, 6) is -5.04. The molecule has 2 aromatic carbocycles. The van der Waals surface area contributed by atoms with Crippen LogP contribution in [0, 0.1) is 52.4 Å². The number of alkyl halides is 2. The third kappa shape index (κ3) is 5.91. The highest BCUT2D eigenvalue weighted by Gasteiger charge is 2.41. The minimum atomic E-state index is -4.40. The van der Waals surface area contributed by atoms with Crippen molar-refractivity contribution in [2.24, 2.45) is 17.8 Å². The van der Waals surface area contributed by atoms with E-state index in [1.807, 2.05) is 0 Å². The van der Waals surface area contributed by atoms with Crippen LogP contribution >= 0.6 is 0 Å². The van der Waals surface area contributed by atoms with E-state index in [1.54, 1.807) is 0 Å². The van der Waals surface area contributed by atoms with E-state index in [-0.39, 0.29) is 11.5 Å². The van der Waals surface area contributed by atoms with Gasteiger partial charge in [-0.15, -0.1) is 0 Å². The Balaban J connectivity index is 1.42. The first-order valence-electron chi connectivity index (χ1n) is 13.1. The number of ether oxygens (including phenoxy) is 1. The molecule has 0 N–H and O–H groups in total. The fraction of sp³-hybridized carbons (Fsp3) is 0.552. The van der Waals surface area contributed by atoms with E-state index >= 15 is 0 Å². The SMILES string of the molecule is CCCC1CCC(C2CCC(c3ccc(C(F)(F)Oc4cc(F)c(C#N)c(F)c4)c(F)c3F)CC2)CC1. The quantitative estimate of drug-likeness (QED) is 0.339. The lowest BCUT2D eigenvalue weighted by atomic mass is 9.68. The zero-order valence-electron chi connectivity index (χ0n) is 20.8. The summed E-state index contributed by atoms with van der Waals surface area (Å²) in [4.78, 5) is 0. The van der Waals surface area contributed by atoms with Crippen LogP contribution in [0.25, 0.3) is 0 Å². The molecule has 2 aromatic rings. The third-order valence-electron chi connectivity index (χ3n) is 8.27. The number of hydrogen-bond donors (Lipinski definition) is 0. The Morgan fingerprint density at radius 2 is 1.43 bits per heavy atom. The molecule has 0 heterocycles. The number of nitriles is 1. The molecule has 4 rings (SSSR count). The predicted octanol–water partition coefficient (Wildman–Crippen LogP) is 9.12. The summed E-state index contributed by atoms with van der Waals surface area (Å²) in [6.45, 7) is 2.22. The summed E-state index contributed by atoms with van der Waals surface area (Å²) >= 11 is 0. The van der Waals surface area contributed by atoms with E-state index in [0.29, 0.717) is 36.8 Å². The molecule has 2 aliphatic rings. The molecule has 0 unspecified atom stereocenters. The zero-order chi connectivity index (χ0) is 26.7. The van der Waals surface area contributed by atoms with Gasteiger partial charge < -0.3 is 4.74 Å². The van der Waals surface area contributed by atoms with Gasteiger partial charge in [-0.25, -0.2) is 17.6 Å². The second kappa shape index (κ2) is 11.4. The highest BCUT2D eigenvalue weighted by Crippen LogP contribution is 2.46. The van der Waals surface area contributed by atoms with Gasteiger partial charge in [-0.2, -0.15) is 14.0 Å². The number of nitrogens with zero attached hydrogens (tertiary/aromatic N) is 1. The Bertz CT molecular complexity index is 1120. The molecule has 0 bridgehead atoms.